The minimum Gasteiger partial charge on any atom is -0.333 e. The predicted octanol–water partition coefficient (Wildman–Crippen LogP) is 4.98. The van der Waals surface area contributed by atoms with Crippen LogP contribution >= 0.6 is 23.1 Å². The zero-order chi connectivity index (χ0) is 19.1. The molecule has 0 fully saturated rings. The summed E-state index contributed by atoms with van der Waals surface area (Å²) in [6, 6.07) is 18.1. The van der Waals surface area contributed by atoms with E-state index in [4.69, 9.17) is 4.98 Å². The highest BCUT2D eigenvalue weighted by atomic mass is 32.2. The number of amides is 1. The molecular formula is C22H19N3OS2. The lowest BCUT2D eigenvalue weighted by molar-refractivity contribution is 0.0736. The van der Waals surface area contributed by atoms with E-state index in [1.165, 1.54) is 15.5 Å². The molecule has 0 N–H and O–H groups in total. The lowest BCUT2D eigenvalue weighted by Crippen LogP contribution is -2.35. The molecule has 3 heterocycles. The molecule has 5 rings (SSSR count). The van der Waals surface area contributed by atoms with Crippen molar-refractivity contribution in [1.82, 2.24) is 14.3 Å². The lowest BCUT2D eigenvalue weighted by atomic mass is 10.1. The van der Waals surface area contributed by atoms with Crippen LogP contribution in [0.2, 0.25) is 0 Å². The van der Waals surface area contributed by atoms with Crippen LogP contribution in [0.15, 0.2) is 65.7 Å². The number of thioether (sulfide) groups is 1. The summed E-state index contributed by atoms with van der Waals surface area (Å²) in [5.41, 5.74) is 4.18. The Hall–Kier alpha value is -2.57. The number of carbonyl (C=O) groups is 1. The monoisotopic (exact) mass is 405 g/mol. The van der Waals surface area contributed by atoms with Gasteiger partial charge in [0.25, 0.3) is 5.91 Å². The molecular weight excluding hydrogens is 386 g/mol. The van der Waals surface area contributed by atoms with E-state index in [0.717, 1.165) is 34.7 Å². The number of nitrogens with zero attached hydrogens (tertiary/aromatic N) is 3. The van der Waals surface area contributed by atoms with Crippen molar-refractivity contribution in [2.75, 3.05) is 12.8 Å². The molecule has 0 saturated heterocycles. The SMILES string of the molecule is CSc1ccc(-c2cn3c4c(sc3n2)CN(C(=O)c2ccccc2)CC4)cc1. The molecule has 1 aliphatic heterocycles. The van der Waals surface area contributed by atoms with Crippen LogP contribution in [-0.2, 0) is 13.0 Å². The number of hydrogen-bond acceptors (Lipinski definition) is 4. The van der Waals surface area contributed by atoms with Crippen LogP contribution in [0.3, 0.4) is 0 Å². The maximum Gasteiger partial charge on any atom is 0.254 e. The quantitative estimate of drug-likeness (QED) is 0.451. The lowest BCUT2D eigenvalue weighted by Gasteiger charge is -2.26. The summed E-state index contributed by atoms with van der Waals surface area (Å²) in [5.74, 6) is 0.104. The summed E-state index contributed by atoms with van der Waals surface area (Å²) in [6.45, 7) is 1.40. The number of aromatic nitrogens is 2. The first kappa shape index (κ1) is 17.5. The third kappa shape index (κ3) is 3.02. The van der Waals surface area contributed by atoms with Crippen LogP contribution in [0.25, 0.3) is 16.2 Å². The van der Waals surface area contributed by atoms with Gasteiger partial charge in [-0.25, -0.2) is 4.98 Å². The van der Waals surface area contributed by atoms with Crippen molar-refractivity contribution in [2.24, 2.45) is 0 Å². The van der Waals surface area contributed by atoms with Gasteiger partial charge in [-0.15, -0.1) is 11.8 Å². The molecule has 6 heteroatoms. The molecule has 0 saturated carbocycles. The van der Waals surface area contributed by atoms with Crippen molar-refractivity contribution in [3.63, 3.8) is 0 Å². The number of thiazole rings is 1. The summed E-state index contributed by atoms with van der Waals surface area (Å²) in [4.78, 5) is 23.0. The normalized spacial score (nSPS) is 13.7. The van der Waals surface area contributed by atoms with Gasteiger partial charge in [0.2, 0.25) is 0 Å². The summed E-state index contributed by atoms with van der Waals surface area (Å²) in [5, 5.41) is 0. The molecule has 0 aliphatic carbocycles. The van der Waals surface area contributed by atoms with Crippen molar-refractivity contribution in [3.05, 3.63) is 76.9 Å². The summed E-state index contributed by atoms with van der Waals surface area (Å²) in [6.07, 6.45) is 5.07. The number of rotatable bonds is 3. The molecule has 0 bridgehead atoms. The van der Waals surface area contributed by atoms with E-state index in [0.29, 0.717) is 6.54 Å². The fraction of sp³-hybridized carbons (Fsp3) is 0.182. The van der Waals surface area contributed by atoms with Crippen molar-refractivity contribution in [1.29, 1.82) is 0 Å². The van der Waals surface area contributed by atoms with Gasteiger partial charge in [0.1, 0.15) is 0 Å². The maximum absolute atomic E-state index is 12.8. The van der Waals surface area contributed by atoms with Gasteiger partial charge in [0.05, 0.1) is 12.2 Å². The standard InChI is InChI=1S/C22H19N3OS2/c1-27-17-9-7-15(8-10-17)18-13-25-19-11-12-24(14-20(19)28-22(25)23-18)21(26)16-5-3-2-4-6-16/h2-10,13H,11-12,14H2,1H3. The molecule has 1 aliphatic rings. The third-order valence-corrected chi connectivity index (χ3v) is 6.97. The van der Waals surface area contributed by atoms with Gasteiger partial charge in [0.15, 0.2) is 4.96 Å². The topological polar surface area (TPSA) is 37.6 Å². The average molecular weight is 406 g/mol. The highest BCUT2D eigenvalue weighted by molar-refractivity contribution is 7.98. The Morgan fingerprint density at radius 1 is 1.11 bits per heavy atom. The van der Waals surface area contributed by atoms with E-state index in [-0.39, 0.29) is 5.91 Å². The molecule has 4 aromatic rings. The van der Waals surface area contributed by atoms with Gasteiger partial charge in [-0.2, -0.15) is 0 Å². The molecule has 0 radical (unpaired) electrons. The molecule has 0 spiro atoms. The van der Waals surface area contributed by atoms with Gasteiger partial charge in [-0.1, -0.05) is 41.7 Å². The van der Waals surface area contributed by atoms with Crippen molar-refractivity contribution >= 4 is 34.0 Å². The second kappa shape index (κ2) is 7.11. The Labute approximate surface area is 171 Å². The minimum atomic E-state index is 0.104. The van der Waals surface area contributed by atoms with Crippen molar-refractivity contribution in [3.8, 4) is 11.3 Å². The number of carbonyl (C=O) groups excluding carboxylic acids is 1. The van der Waals surface area contributed by atoms with Gasteiger partial charge in [0, 0.05) is 45.8 Å². The highest BCUT2D eigenvalue weighted by Crippen LogP contribution is 2.32. The molecule has 1 amide bonds. The fourth-order valence-corrected chi connectivity index (χ4v) is 5.22. The minimum absolute atomic E-state index is 0.104. The van der Waals surface area contributed by atoms with Gasteiger partial charge in [-0.05, 0) is 30.5 Å². The van der Waals surface area contributed by atoms with Crippen LogP contribution in [0.5, 0.6) is 0 Å². The zero-order valence-corrected chi connectivity index (χ0v) is 17.1. The Bertz CT molecular complexity index is 1150. The number of hydrogen-bond donors (Lipinski definition) is 0. The van der Waals surface area contributed by atoms with Crippen LogP contribution in [-0.4, -0.2) is 33.0 Å². The van der Waals surface area contributed by atoms with E-state index in [1.54, 1.807) is 23.1 Å². The maximum atomic E-state index is 12.8. The highest BCUT2D eigenvalue weighted by Gasteiger charge is 2.26. The summed E-state index contributed by atoms with van der Waals surface area (Å²) >= 11 is 3.44. The van der Waals surface area contributed by atoms with E-state index >= 15 is 0 Å². The Kier molecular flexibility index (Phi) is 4.45. The number of fused-ring (bicyclic) bond motifs is 3. The molecule has 0 atom stereocenters. The van der Waals surface area contributed by atoms with E-state index in [1.807, 2.05) is 35.2 Å². The number of benzene rings is 2. The average Bonchev–Trinajstić information content (AvgIpc) is 3.31. The first-order chi connectivity index (χ1) is 13.7. The molecule has 2 aromatic heterocycles. The van der Waals surface area contributed by atoms with Crippen LogP contribution < -0.4 is 0 Å². The first-order valence-electron chi connectivity index (χ1n) is 9.21. The van der Waals surface area contributed by atoms with Gasteiger partial charge < -0.3 is 4.90 Å². The number of imidazole rings is 1. The smallest absolute Gasteiger partial charge is 0.254 e. The summed E-state index contributed by atoms with van der Waals surface area (Å²) < 4.78 is 2.21. The zero-order valence-electron chi connectivity index (χ0n) is 15.5. The fourth-order valence-electron chi connectivity index (χ4n) is 3.65. The Balaban J connectivity index is 1.42. The van der Waals surface area contributed by atoms with Crippen molar-refractivity contribution < 1.29 is 4.79 Å². The van der Waals surface area contributed by atoms with Gasteiger partial charge >= 0.3 is 0 Å². The first-order valence-corrected chi connectivity index (χ1v) is 11.3. The Morgan fingerprint density at radius 3 is 2.64 bits per heavy atom. The Morgan fingerprint density at radius 2 is 1.89 bits per heavy atom. The van der Waals surface area contributed by atoms with E-state index in [9.17, 15) is 4.79 Å². The molecule has 140 valence electrons. The molecule has 4 nitrogen and oxygen atoms in total. The van der Waals surface area contributed by atoms with E-state index in [2.05, 4.69) is 41.1 Å². The second-order valence-electron chi connectivity index (χ2n) is 6.82. The molecule has 2 aromatic carbocycles. The van der Waals surface area contributed by atoms with Crippen molar-refractivity contribution in [2.45, 2.75) is 17.9 Å². The molecule has 0 unspecified atom stereocenters. The van der Waals surface area contributed by atoms with Gasteiger partial charge in [-0.3, -0.25) is 9.20 Å². The predicted molar refractivity (Wildman–Crippen MR) is 115 cm³/mol. The van der Waals surface area contributed by atoms with Crippen LogP contribution in [0.1, 0.15) is 20.9 Å². The largest absolute Gasteiger partial charge is 0.333 e. The summed E-state index contributed by atoms with van der Waals surface area (Å²) in [7, 11) is 0. The van der Waals surface area contributed by atoms with E-state index < -0.39 is 0 Å². The van der Waals surface area contributed by atoms with Crippen LogP contribution in [0.4, 0.5) is 0 Å². The third-order valence-electron chi connectivity index (χ3n) is 5.15. The van der Waals surface area contributed by atoms with Crippen LogP contribution in [0, 0.1) is 0 Å². The molecule has 28 heavy (non-hydrogen) atoms. The second-order valence-corrected chi connectivity index (χ2v) is 8.76.